The monoisotopic (exact) mass is 358 g/mol. The number of benzene rings is 1. The van der Waals surface area contributed by atoms with E-state index in [0.29, 0.717) is 39.1 Å². The van der Waals surface area contributed by atoms with E-state index in [1.807, 2.05) is 29.2 Å². The Morgan fingerprint density at radius 1 is 1.04 bits per heavy atom. The number of ether oxygens (including phenoxy) is 1. The highest BCUT2D eigenvalue weighted by Gasteiger charge is 2.17. The van der Waals surface area contributed by atoms with Crippen molar-refractivity contribution in [1.82, 2.24) is 4.90 Å². The van der Waals surface area contributed by atoms with E-state index in [2.05, 4.69) is 5.32 Å². The highest BCUT2D eigenvalue weighted by molar-refractivity contribution is 5.90. The third-order valence-corrected chi connectivity index (χ3v) is 5.46. The summed E-state index contributed by atoms with van der Waals surface area (Å²) in [5, 5.41) is 2.97. The first-order chi connectivity index (χ1) is 12.7. The summed E-state index contributed by atoms with van der Waals surface area (Å²) in [6.45, 7) is 2.59. The second-order valence-corrected chi connectivity index (χ2v) is 7.46. The predicted octanol–water partition coefficient (Wildman–Crippen LogP) is 3.39. The Balaban J connectivity index is 1.41. The van der Waals surface area contributed by atoms with E-state index in [1.165, 1.54) is 32.1 Å². The molecule has 1 N–H and O–H groups in total. The lowest BCUT2D eigenvalue weighted by atomic mass is 9.86. The molecule has 0 bridgehead atoms. The number of morpholine rings is 1. The smallest absolute Gasteiger partial charge is 0.227 e. The zero-order valence-electron chi connectivity index (χ0n) is 15.5. The molecule has 0 spiro atoms. The number of nitrogens with zero attached hydrogens (tertiary/aromatic N) is 1. The number of carbonyl (C=O) groups is 2. The van der Waals surface area contributed by atoms with Crippen molar-refractivity contribution in [3.63, 3.8) is 0 Å². The van der Waals surface area contributed by atoms with Crippen LogP contribution in [-0.4, -0.2) is 43.0 Å². The molecule has 2 fully saturated rings. The Morgan fingerprint density at radius 3 is 2.42 bits per heavy atom. The first-order valence-corrected chi connectivity index (χ1v) is 9.95. The quantitative estimate of drug-likeness (QED) is 0.848. The molecule has 1 aliphatic carbocycles. The van der Waals surface area contributed by atoms with Gasteiger partial charge in [-0.05, 0) is 30.0 Å². The van der Waals surface area contributed by atoms with Crippen molar-refractivity contribution in [2.45, 2.75) is 51.4 Å². The number of anilines is 1. The van der Waals surface area contributed by atoms with E-state index in [9.17, 15) is 9.59 Å². The SMILES string of the molecule is O=C(CCC1CCCCC1)Nc1ccc(CC(=O)N2CCOCC2)cc1. The molecule has 1 aromatic rings. The average molecular weight is 358 g/mol. The van der Waals surface area contributed by atoms with Crippen LogP contribution in [0.25, 0.3) is 0 Å². The lowest BCUT2D eigenvalue weighted by Gasteiger charge is -2.26. The second kappa shape index (κ2) is 9.72. The molecule has 26 heavy (non-hydrogen) atoms. The van der Waals surface area contributed by atoms with Crippen LogP contribution in [-0.2, 0) is 20.7 Å². The van der Waals surface area contributed by atoms with Crippen LogP contribution in [0.5, 0.6) is 0 Å². The van der Waals surface area contributed by atoms with Gasteiger partial charge in [-0.25, -0.2) is 0 Å². The highest BCUT2D eigenvalue weighted by Crippen LogP contribution is 2.27. The van der Waals surface area contributed by atoms with Gasteiger partial charge >= 0.3 is 0 Å². The average Bonchev–Trinajstić information content (AvgIpc) is 2.69. The first-order valence-electron chi connectivity index (χ1n) is 9.95. The number of amides is 2. The Hall–Kier alpha value is -1.88. The van der Waals surface area contributed by atoms with Crippen LogP contribution < -0.4 is 5.32 Å². The third-order valence-electron chi connectivity index (χ3n) is 5.46. The minimum Gasteiger partial charge on any atom is -0.378 e. The van der Waals surface area contributed by atoms with Crippen molar-refractivity contribution in [1.29, 1.82) is 0 Å². The number of nitrogens with one attached hydrogen (secondary N) is 1. The zero-order valence-corrected chi connectivity index (χ0v) is 15.5. The second-order valence-electron chi connectivity index (χ2n) is 7.46. The molecule has 5 heteroatoms. The minimum atomic E-state index is 0.0905. The normalized spacial score (nSPS) is 18.5. The maximum Gasteiger partial charge on any atom is 0.227 e. The molecule has 0 atom stereocenters. The Morgan fingerprint density at radius 2 is 1.73 bits per heavy atom. The Bertz CT molecular complexity index is 588. The standard InChI is InChI=1S/C21H30N2O3/c24-20(11-8-17-4-2-1-3-5-17)22-19-9-6-18(7-10-19)16-21(25)23-12-14-26-15-13-23/h6-7,9-10,17H,1-5,8,11-16H2,(H,22,24). The summed E-state index contributed by atoms with van der Waals surface area (Å²) in [5.41, 5.74) is 1.78. The van der Waals surface area contributed by atoms with E-state index in [0.717, 1.165) is 23.6 Å². The van der Waals surface area contributed by atoms with Gasteiger partial charge in [0.25, 0.3) is 0 Å². The van der Waals surface area contributed by atoms with Gasteiger partial charge in [-0.1, -0.05) is 44.2 Å². The number of hydrogen-bond donors (Lipinski definition) is 1. The lowest BCUT2D eigenvalue weighted by Crippen LogP contribution is -2.41. The van der Waals surface area contributed by atoms with Gasteiger partial charge in [0.15, 0.2) is 0 Å². The number of carbonyl (C=O) groups excluding carboxylic acids is 2. The molecule has 1 saturated carbocycles. The fourth-order valence-corrected chi connectivity index (χ4v) is 3.84. The summed E-state index contributed by atoms with van der Waals surface area (Å²) in [5.74, 6) is 0.952. The minimum absolute atomic E-state index is 0.0905. The van der Waals surface area contributed by atoms with Gasteiger partial charge in [0, 0.05) is 25.2 Å². The van der Waals surface area contributed by atoms with Crippen LogP contribution in [0.4, 0.5) is 5.69 Å². The zero-order chi connectivity index (χ0) is 18.2. The third kappa shape index (κ3) is 5.84. The molecular weight excluding hydrogens is 328 g/mol. The fraction of sp³-hybridized carbons (Fsp3) is 0.619. The first kappa shape index (κ1) is 18.9. The van der Waals surface area contributed by atoms with E-state index in [4.69, 9.17) is 4.74 Å². The molecule has 0 unspecified atom stereocenters. The molecule has 0 radical (unpaired) electrons. The van der Waals surface area contributed by atoms with E-state index < -0.39 is 0 Å². The van der Waals surface area contributed by atoms with Gasteiger partial charge in [0.05, 0.1) is 19.6 Å². The van der Waals surface area contributed by atoms with Crippen LogP contribution in [0.15, 0.2) is 24.3 Å². The Kier molecular flexibility index (Phi) is 7.06. The topological polar surface area (TPSA) is 58.6 Å². The molecule has 2 amide bonds. The summed E-state index contributed by atoms with van der Waals surface area (Å²) in [6.07, 6.45) is 8.53. The highest BCUT2D eigenvalue weighted by atomic mass is 16.5. The van der Waals surface area contributed by atoms with Gasteiger partial charge in [-0.3, -0.25) is 9.59 Å². The largest absolute Gasteiger partial charge is 0.378 e. The van der Waals surface area contributed by atoms with Crippen molar-refractivity contribution >= 4 is 17.5 Å². The van der Waals surface area contributed by atoms with Crippen molar-refractivity contribution in [2.75, 3.05) is 31.6 Å². The van der Waals surface area contributed by atoms with Gasteiger partial charge < -0.3 is 15.0 Å². The van der Waals surface area contributed by atoms with Crippen LogP contribution in [0, 0.1) is 5.92 Å². The van der Waals surface area contributed by atoms with Crippen molar-refractivity contribution in [3.8, 4) is 0 Å². The van der Waals surface area contributed by atoms with Crippen LogP contribution in [0.2, 0.25) is 0 Å². The van der Waals surface area contributed by atoms with E-state index in [1.54, 1.807) is 0 Å². The molecule has 5 nitrogen and oxygen atoms in total. The molecule has 142 valence electrons. The lowest BCUT2D eigenvalue weighted by molar-refractivity contribution is -0.134. The van der Waals surface area contributed by atoms with Gasteiger partial charge in [0.1, 0.15) is 0 Å². The Labute approximate surface area is 156 Å². The molecule has 2 aliphatic rings. The van der Waals surface area contributed by atoms with Crippen molar-refractivity contribution in [3.05, 3.63) is 29.8 Å². The maximum atomic E-state index is 12.3. The summed E-state index contributed by atoms with van der Waals surface area (Å²) in [7, 11) is 0. The summed E-state index contributed by atoms with van der Waals surface area (Å²) < 4.78 is 5.28. The summed E-state index contributed by atoms with van der Waals surface area (Å²) in [6, 6.07) is 7.63. The molecule has 1 heterocycles. The summed E-state index contributed by atoms with van der Waals surface area (Å²) >= 11 is 0. The van der Waals surface area contributed by atoms with Crippen molar-refractivity contribution < 1.29 is 14.3 Å². The van der Waals surface area contributed by atoms with Gasteiger partial charge in [0.2, 0.25) is 11.8 Å². The van der Waals surface area contributed by atoms with Crippen LogP contribution in [0.1, 0.15) is 50.5 Å². The van der Waals surface area contributed by atoms with E-state index >= 15 is 0 Å². The molecule has 1 aliphatic heterocycles. The number of rotatable bonds is 6. The molecule has 1 aromatic carbocycles. The van der Waals surface area contributed by atoms with Crippen molar-refractivity contribution in [2.24, 2.45) is 5.92 Å². The predicted molar refractivity (Wildman–Crippen MR) is 102 cm³/mol. The molecule has 0 aromatic heterocycles. The van der Waals surface area contributed by atoms with E-state index in [-0.39, 0.29) is 11.8 Å². The molecular formula is C21H30N2O3. The maximum absolute atomic E-state index is 12.3. The fourth-order valence-electron chi connectivity index (χ4n) is 3.84. The van der Waals surface area contributed by atoms with Gasteiger partial charge in [-0.2, -0.15) is 0 Å². The number of hydrogen-bond acceptors (Lipinski definition) is 3. The van der Waals surface area contributed by atoms with Crippen LogP contribution in [0.3, 0.4) is 0 Å². The summed E-state index contributed by atoms with van der Waals surface area (Å²) in [4.78, 5) is 26.3. The van der Waals surface area contributed by atoms with Gasteiger partial charge in [-0.15, -0.1) is 0 Å². The molecule has 1 saturated heterocycles. The molecule has 3 rings (SSSR count). The van der Waals surface area contributed by atoms with Crippen LogP contribution >= 0.6 is 0 Å².